The average molecular weight is 326 g/mol. The quantitative estimate of drug-likeness (QED) is 0.841. The molecule has 20 heavy (non-hydrogen) atoms. The van der Waals surface area contributed by atoms with Gasteiger partial charge in [0.05, 0.1) is 12.0 Å². The molecule has 0 amide bonds. The Hall–Kier alpha value is -0.980. The van der Waals surface area contributed by atoms with Gasteiger partial charge in [-0.3, -0.25) is 4.79 Å². The lowest BCUT2D eigenvalue weighted by Gasteiger charge is -2.38. The third kappa shape index (κ3) is 3.56. The number of ether oxygens (including phenoxy) is 1. The van der Waals surface area contributed by atoms with Gasteiger partial charge in [-0.2, -0.15) is 8.78 Å². The van der Waals surface area contributed by atoms with Crippen LogP contribution in [0, 0.1) is 5.92 Å². The first-order valence-electron chi connectivity index (χ1n) is 5.86. The summed E-state index contributed by atoms with van der Waals surface area (Å²) < 4.78 is 28.4. The van der Waals surface area contributed by atoms with Crippen LogP contribution >= 0.6 is 23.2 Å². The summed E-state index contributed by atoms with van der Waals surface area (Å²) in [7, 11) is 0. The molecule has 1 atom stereocenters. The second-order valence-electron chi connectivity index (χ2n) is 4.61. The van der Waals surface area contributed by atoms with E-state index in [-0.39, 0.29) is 29.1 Å². The fourth-order valence-corrected chi connectivity index (χ4v) is 2.89. The van der Waals surface area contributed by atoms with Crippen LogP contribution in [0.15, 0.2) is 12.1 Å². The van der Waals surface area contributed by atoms with Gasteiger partial charge < -0.3 is 9.84 Å². The van der Waals surface area contributed by atoms with Crippen LogP contribution in [0.1, 0.15) is 24.3 Å². The largest absolute Gasteiger partial charge is 0.481 e. The Morgan fingerprint density at radius 1 is 1.35 bits per heavy atom. The Kier molecular flexibility index (Phi) is 4.78. The van der Waals surface area contributed by atoms with Crippen molar-refractivity contribution in [2.75, 3.05) is 0 Å². The fraction of sp³-hybridized carbons (Fsp3) is 0.500. The summed E-state index contributed by atoms with van der Waals surface area (Å²) in [6.07, 6.45) is -0.0767. The number of carboxylic acid groups (broad SMARTS) is 1. The maximum absolute atomic E-state index is 12.0. The molecule has 1 aromatic heterocycles. The Balaban J connectivity index is 2.11. The van der Waals surface area contributed by atoms with E-state index in [0.29, 0.717) is 5.56 Å². The Morgan fingerprint density at radius 2 is 1.90 bits per heavy atom. The Labute approximate surface area is 123 Å². The average Bonchev–Trinajstić information content (AvgIpc) is 2.23. The molecule has 1 saturated carbocycles. The highest BCUT2D eigenvalue weighted by molar-refractivity contribution is 6.32. The number of carbonyl (C=O) groups is 1. The van der Waals surface area contributed by atoms with Crippen molar-refractivity contribution in [1.29, 1.82) is 0 Å². The molecular weight excluding hydrogens is 315 g/mol. The van der Waals surface area contributed by atoms with Gasteiger partial charge in [0.25, 0.3) is 0 Å². The van der Waals surface area contributed by atoms with E-state index in [0.717, 1.165) is 0 Å². The summed E-state index contributed by atoms with van der Waals surface area (Å²) >= 11 is 11.5. The lowest BCUT2D eigenvalue weighted by atomic mass is 9.71. The third-order valence-electron chi connectivity index (χ3n) is 3.31. The molecule has 0 spiro atoms. The molecule has 1 heterocycles. The molecule has 8 heteroatoms. The molecule has 0 bridgehead atoms. The van der Waals surface area contributed by atoms with Crippen molar-refractivity contribution < 1.29 is 23.4 Å². The molecule has 0 aliphatic heterocycles. The number of hydrogen-bond donors (Lipinski definition) is 1. The van der Waals surface area contributed by atoms with Crippen LogP contribution in [-0.4, -0.2) is 28.8 Å². The smallest absolute Gasteiger partial charge is 0.345 e. The molecule has 1 aliphatic rings. The second-order valence-corrected chi connectivity index (χ2v) is 5.39. The number of alkyl halides is 2. The van der Waals surface area contributed by atoms with Crippen molar-refractivity contribution in [3.05, 3.63) is 28.0 Å². The maximum atomic E-state index is 12.0. The summed E-state index contributed by atoms with van der Waals surface area (Å²) in [4.78, 5) is 15.1. The molecule has 0 saturated heterocycles. The van der Waals surface area contributed by atoms with Crippen LogP contribution in [0.2, 0.25) is 10.3 Å². The molecule has 1 N–H and O–H groups in total. The van der Waals surface area contributed by atoms with E-state index >= 15 is 0 Å². The van der Waals surface area contributed by atoms with Crippen LogP contribution < -0.4 is 0 Å². The van der Waals surface area contributed by atoms with E-state index in [1.165, 1.54) is 12.1 Å². The maximum Gasteiger partial charge on any atom is 0.345 e. The molecule has 2 rings (SSSR count). The van der Waals surface area contributed by atoms with Gasteiger partial charge in [-0.25, -0.2) is 4.98 Å². The molecule has 1 aliphatic carbocycles. The van der Waals surface area contributed by atoms with E-state index in [2.05, 4.69) is 9.72 Å². The molecule has 1 fully saturated rings. The molecule has 1 aromatic rings. The van der Waals surface area contributed by atoms with Crippen molar-refractivity contribution >= 4 is 29.2 Å². The summed E-state index contributed by atoms with van der Waals surface area (Å²) in [5.41, 5.74) is 0.419. The zero-order valence-electron chi connectivity index (χ0n) is 10.1. The minimum atomic E-state index is -2.84. The molecule has 110 valence electrons. The van der Waals surface area contributed by atoms with Gasteiger partial charge in [0.1, 0.15) is 10.3 Å². The topological polar surface area (TPSA) is 59.4 Å². The lowest BCUT2D eigenvalue weighted by molar-refractivity contribution is -0.194. The van der Waals surface area contributed by atoms with Gasteiger partial charge >= 0.3 is 12.6 Å². The minimum Gasteiger partial charge on any atom is -0.481 e. The van der Waals surface area contributed by atoms with Crippen LogP contribution in [0.25, 0.3) is 0 Å². The predicted molar refractivity (Wildman–Crippen MR) is 68.2 cm³/mol. The van der Waals surface area contributed by atoms with E-state index in [9.17, 15) is 18.7 Å². The van der Waals surface area contributed by atoms with E-state index in [1.54, 1.807) is 0 Å². The first-order chi connectivity index (χ1) is 9.36. The highest BCUT2D eigenvalue weighted by Crippen LogP contribution is 2.42. The van der Waals surface area contributed by atoms with Crippen molar-refractivity contribution in [3.8, 4) is 0 Å². The summed E-state index contributed by atoms with van der Waals surface area (Å²) in [5, 5.41) is 9.51. The highest BCUT2D eigenvalue weighted by Gasteiger charge is 2.41. The normalized spacial score (nSPS) is 23.4. The number of rotatable bonds is 5. The van der Waals surface area contributed by atoms with E-state index in [4.69, 9.17) is 23.2 Å². The standard InChI is InChI=1S/C12H11Cl2F2NO3/c13-8-3-6(4-9(14)17-8)10(11(18)19)5-1-7(2-5)20-12(15)16/h3-5,7,10,12H,1-2H2,(H,18,19). The first kappa shape index (κ1) is 15.4. The monoisotopic (exact) mass is 325 g/mol. The van der Waals surface area contributed by atoms with Crippen LogP contribution in [0.4, 0.5) is 8.78 Å². The number of hydrogen-bond acceptors (Lipinski definition) is 3. The second kappa shape index (κ2) is 6.20. The fourth-order valence-electron chi connectivity index (χ4n) is 2.41. The van der Waals surface area contributed by atoms with Gasteiger partial charge in [0.2, 0.25) is 0 Å². The van der Waals surface area contributed by atoms with E-state index < -0.39 is 24.6 Å². The third-order valence-corrected chi connectivity index (χ3v) is 3.70. The number of aromatic nitrogens is 1. The van der Waals surface area contributed by atoms with Crippen molar-refractivity contribution in [2.24, 2.45) is 5.92 Å². The Bertz CT molecular complexity index is 489. The van der Waals surface area contributed by atoms with Crippen molar-refractivity contribution in [3.63, 3.8) is 0 Å². The van der Waals surface area contributed by atoms with Crippen LogP contribution in [0.5, 0.6) is 0 Å². The SMILES string of the molecule is O=C(O)C(c1cc(Cl)nc(Cl)c1)C1CC(OC(F)F)C1. The number of halogens is 4. The molecule has 0 aromatic carbocycles. The van der Waals surface area contributed by atoms with Crippen LogP contribution in [0.3, 0.4) is 0 Å². The summed E-state index contributed by atoms with van der Waals surface area (Å²) in [6, 6.07) is 2.85. The summed E-state index contributed by atoms with van der Waals surface area (Å²) in [6.45, 7) is -2.84. The number of aliphatic carboxylic acids is 1. The number of nitrogens with zero attached hydrogens (tertiary/aromatic N) is 1. The number of pyridine rings is 1. The predicted octanol–water partition coefficient (Wildman–Crippen LogP) is 3.57. The minimum absolute atomic E-state index is 0.0958. The molecule has 0 radical (unpaired) electrons. The molecule has 4 nitrogen and oxygen atoms in total. The zero-order chi connectivity index (χ0) is 14.9. The molecule has 1 unspecified atom stereocenters. The van der Waals surface area contributed by atoms with Crippen LogP contribution in [-0.2, 0) is 9.53 Å². The highest BCUT2D eigenvalue weighted by atomic mass is 35.5. The van der Waals surface area contributed by atoms with Gasteiger partial charge in [-0.1, -0.05) is 23.2 Å². The first-order valence-corrected chi connectivity index (χ1v) is 6.62. The zero-order valence-corrected chi connectivity index (χ0v) is 11.6. The van der Waals surface area contributed by atoms with Crippen molar-refractivity contribution in [1.82, 2.24) is 4.98 Å². The van der Waals surface area contributed by atoms with Crippen molar-refractivity contribution in [2.45, 2.75) is 31.5 Å². The number of carboxylic acids is 1. The van der Waals surface area contributed by atoms with Gasteiger partial charge in [-0.15, -0.1) is 0 Å². The molecular formula is C12H11Cl2F2NO3. The summed E-state index contributed by atoms with van der Waals surface area (Å²) in [5.74, 6) is -2.19. The van der Waals surface area contributed by atoms with Gasteiger partial charge in [0.15, 0.2) is 0 Å². The lowest BCUT2D eigenvalue weighted by Crippen LogP contribution is -2.38. The Morgan fingerprint density at radius 3 is 2.35 bits per heavy atom. The van der Waals surface area contributed by atoms with Gasteiger partial charge in [-0.05, 0) is 36.5 Å². The van der Waals surface area contributed by atoms with Gasteiger partial charge in [0, 0.05) is 0 Å². The van der Waals surface area contributed by atoms with E-state index in [1.807, 2.05) is 0 Å².